The molecule has 2 aromatic rings. The van der Waals surface area contributed by atoms with Gasteiger partial charge < -0.3 is 19.9 Å². The first-order chi connectivity index (χ1) is 10.2. The zero-order valence-corrected chi connectivity index (χ0v) is 13.0. The van der Waals surface area contributed by atoms with Crippen LogP contribution >= 0.6 is 11.6 Å². The first-order valence-corrected chi connectivity index (χ1v) is 6.81. The lowest BCUT2D eigenvalue weighted by atomic mass is 9.98. The highest BCUT2D eigenvalue weighted by Gasteiger charge is 2.18. The second-order valence-electron chi connectivity index (χ2n) is 4.39. The van der Waals surface area contributed by atoms with Gasteiger partial charge in [0.05, 0.1) is 21.3 Å². The highest BCUT2D eigenvalue weighted by Crippen LogP contribution is 2.45. The number of hydrogen-bond donors (Lipinski definition) is 1. The largest absolute Gasteiger partial charge is 0.493 e. The summed E-state index contributed by atoms with van der Waals surface area (Å²) in [6.45, 7) is 0.407. The molecule has 2 rings (SSSR count). The fourth-order valence-corrected chi connectivity index (χ4v) is 2.46. The highest BCUT2D eigenvalue weighted by atomic mass is 35.5. The van der Waals surface area contributed by atoms with Crippen molar-refractivity contribution in [1.29, 1.82) is 0 Å². The van der Waals surface area contributed by atoms with Gasteiger partial charge in [-0.3, -0.25) is 0 Å². The zero-order chi connectivity index (χ0) is 15.4. The van der Waals surface area contributed by atoms with Gasteiger partial charge >= 0.3 is 0 Å². The molecule has 21 heavy (non-hydrogen) atoms. The Morgan fingerprint density at radius 1 is 0.905 bits per heavy atom. The van der Waals surface area contributed by atoms with Crippen LogP contribution in [0.1, 0.15) is 5.56 Å². The second-order valence-corrected chi connectivity index (χ2v) is 4.82. The third-order valence-electron chi connectivity index (χ3n) is 3.29. The summed E-state index contributed by atoms with van der Waals surface area (Å²) in [5, 5.41) is 0.638. The molecule has 0 amide bonds. The van der Waals surface area contributed by atoms with Crippen LogP contribution in [0.4, 0.5) is 0 Å². The molecule has 0 aliphatic heterocycles. The van der Waals surface area contributed by atoms with Crippen LogP contribution in [0.15, 0.2) is 30.3 Å². The summed E-state index contributed by atoms with van der Waals surface area (Å²) in [5.74, 6) is 1.74. The standard InChI is InChI=1S/C16H18ClNO3/c1-19-14-7-6-12(15(20-2)16(14)21-3)13-8-11(17)5-4-10(13)9-18/h4-8H,9,18H2,1-3H3. The van der Waals surface area contributed by atoms with Crippen molar-refractivity contribution < 1.29 is 14.2 Å². The predicted octanol–water partition coefficient (Wildman–Crippen LogP) is 3.49. The van der Waals surface area contributed by atoms with Gasteiger partial charge in [-0.2, -0.15) is 0 Å². The Morgan fingerprint density at radius 3 is 2.19 bits per heavy atom. The van der Waals surface area contributed by atoms with Crippen LogP contribution < -0.4 is 19.9 Å². The van der Waals surface area contributed by atoms with Crippen LogP contribution in [-0.4, -0.2) is 21.3 Å². The maximum absolute atomic E-state index is 6.11. The molecule has 0 heterocycles. The Balaban J connectivity index is 2.72. The van der Waals surface area contributed by atoms with Gasteiger partial charge in [0.15, 0.2) is 11.5 Å². The highest BCUT2D eigenvalue weighted by molar-refractivity contribution is 6.30. The molecule has 0 spiro atoms. The summed E-state index contributed by atoms with van der Waals surface area (Å²) in [7, 11) is 4.75. The number of rotatable bonds is 5. The van der Waals surface area contributed by atoms with Gasteiger partial charge in [-0.1, -0.05) is 17.7 Å². The number of halogens is 1. The number of ether oxygens (including phenoxy) is 3. The molecule has 0 aliphatic carbocycles. The zero-order valence-electron chi connectivity index (χ0n) is 12.3. The lowest BCUT2D eigenvalue weighted by Gasteiger charge is -2.17. The van der Waals surface area contributed by atoms with E-state index in [9.17, 15) is 0 Å². The number of benzene rings is 2. The van der Waals surface area contributed by atoms with Crippen LogP contribution in [0.5, 0.6) is 17.2 Å². The van der Waals surface area contributed by atoms with E-state index in [-0.39, 0.29) is 0 Å². The minimum Gasteiger partial charge on any atom is -0.493 e. The Morgan fingerprint density at radius 2 is 1.62 bits per heavy atom. The third-order valence-corrected chi connectivity index (χ3v) is 3.52. The van der Waals surface area contributed by atoms with E-state index in [1.807, 2.05) is 30.3 Å². The van der Waals surface area contributed by atoms with Gasteiger partial charge in [-0.05, 0) is 35.4 Å². The molecule has 4 nitrogen and oxygen atoms in total. The molecule has 2 aromatic carbocycles. The third kappa shape index (κ3) is 2.91. The van der Waals surface area contributed by atoms with Crippen LogP contribution in [0.3, 0.4) is 0 Å². The van der Waals surface area contributed by atoms with E-state index < -0.39 is 0 Å². The van der Waals surface area contributed by atoms with Crippen molar-refractivity contribution in [3.63, 3.8) is 0 Å². The maximum Gasteiger partial charge on any atom is 0.203 e. The number of hydrogen-bond acceptors (Lipinski definition) is 4. The van der Waals surface area contributed by atoms with Crippen molar-refractivity contribution in [2.24, 2.45) is 5.73 Å². The van der Waals surface area contributed by atoms with Crippen molar-refractivity contribution in [3.8, 4) is 28.4 Å². The summed E-state index contributed by atoms with van der Waals surface area (Å²) in [6, 6.07) is 9.34. The molecular weight excluding hydrogens is 290 g/mol. The van der Waals surface area contributed by atoms with E-state index in [2.05, 4.69) is 0 Å². The summed E-state index contributed by atoms with van der Waals surface area (Å²) in [4.78, 5) is 0. The fourth-order valence-electron chi connectivity index (χ4n) is 2.29. The van der Waals surface area contributed by atoms with Gasteiger partial charge in [0, 0.05) is 17.1 Å². The van der Waals surface area contributed by atoms with Gasteiger partial charge in [0.2, 0.25) is 5.75 Å². The van der Waals surface area contributed by atoms with Crippen molar-refractivity contribution >= 4 is 11.6 Å². The average molecular weight is 308 g/mol. The monoisotopic (exact) mass is 307 g/mol. The molecule has 0 saturated heterocycles. The number of methoxy groups -OCH3 is 3. The van der Waals surface area contributed by atoms with Crippen molar-refractivity contribution in [2.75, 3.05) is 21.3 Å². The summed E-state index contributed by atoms with van der Waals surface area (Å²) in [6.07, 6.45) is 0. The first kappa shape index (κ1) is 15.5. The van der Waals surface area contributed by atoms with Crippen molar-refractivity contribution in [2.45, 2.75) is 6.54 Å². The Kier molecular flexibility index (Phi) is 4.94. The molecule has 0 bridgehead atoms. The SMILES string of the molecule is COc1ccc(-c2cc(Cl)ccc2CN)c(OC)c1OC. The molecule has 0 aromatic heterocycles. The van der Waals surface area contributed by atoms with E-state index in [0.717, 1.165) is 16.7 Å². The minimum atomic E-state index is 0.407. The number of nitrogens with two attached hydrogens (primary N) is 1. The molecule has 0 atom stereocenters. The van der Waals surface area contributed by atoms with Crippen LogP contribution in [0.25, 0.3) is 11.1 Å². The van der Waals surface area contributed by atoms with Crippen molar-refractivity contribution in [3.05, 3.63) is 40.9 Å². The van der Waals surface area contributed by atoms with E-state index in [0.29, 0.717) is 28.8 Å². The molecule has 112 valence electrons. The summed E-state index contributed by atoms with van der Waals surface area (Å²) >= 11 is 6.11. The van der Waals surface area contributed by atoms with Crippen LogP contribution in [-0.2, 0) is 6.54 Å². The smallest absolute Gasteiger partial charge is 0.203 e. The van der Waals surface area contributed by atoms with Gasteiger partial charge in [0.25, 0.3) is 0 Å². The second kappa shape index (κ2) is 6.70. The lowest BCUT2D eigenvalue weighted by molar-refractivity contribution is 0.325. The summed E-state index contributed by atoms with van der Waals surface area (Å²) in [5.41, 5.74) is 8.57. The van der Waals surface area contributed by atoms with Crippen molar-refractivity contribution in [1.82, 2.24) is 0 Å². The van der Waals surface area contributed by atoms with E-state index in [1.165, 1.54) is 0 Å². The van der Waals surface area contributed by atoms with Gasteiger partial charge in [0.1, 0.15) is 0 Å². The molecule has 5 heteroatoms. The Bertz CT molecular complexity index is 644. The normalized spacial score (nSPS) is 10.3. The lowest BCUT2D eigenvalue weighted by Crippen LogP contribution is -2.01. The first-order valence-electron chi connectivity index (χ1n) is 6.44. The van der Waals surface area contributed by atoms with Gasteiger partial charge in [-0.15, -0.1) is 0 Å². The quantitative estimate of drug-likeness (QED) is 0.918. The summed E-state index contributed by atoms with van der Waals surface area (Å²) < 4.78 is 16.2. The molecule has 0 fully saturated rings. The Labute approximate surface area is 129 Å². The fraction of sp³-hybridized carbons (Fsp3) is 0.250. The average Bonchev–Trinajstić information content (AvgIpc) is 2.53. The topological polar surface area (TPSA) is 53.7 Å². The molecule has 0 aliphatic rings. The molecular formula is C16H18ClNO3. The van der Waals surface area contributed by atoms with Crippen LogP contribution in [0.2, 0.25) is 5.02 Å². The molecule has 0 saturated carbocycles. The molecule has 0 radical (unpaired) electrons. The predicted molar refractivity (Wildman–Crippen MR) is 84.4 cm³/mol. The molecule has 0 unspecified atom stereocenters. The molecule has 2 N–H and O–H groups in total. The maximum atomic E-state index is 6.11. The van der Waals surface area contributed by atoms with E-state index in [4.69, 9.17) is 31.5 Å². The van der Waals surface area contributed by atoms with E-state index in [1.54, 1.807) is 21.3 Å². The van der Waals surface area contributed by atoms with E-state index >= 15 is 0 Å². The van der Waals surface area contributed by atoms with Gasteiger partial charge in [-0.25, -0.2) is 0 Å². The minimum absolute atomic E-state index is 0.407. The van der Waals surface area contributed by atoms with Crippen LogP contribution in [0, 0.1) is 0 Å². The Hall–Kier alpha value is -1.91.